The van der Waals surface area contributed by atoms with E-state index in [4.69, 9.17) is 0 Å². The Balaban J connectivity index is 2.71. The molecule has 0 aliphatic heterocycles. The molecule has 0 unspecified atom stereocenters. The molecule has 1 aromatic heterocycles. The van der Waals surface area contributed by atoms with Crippen molar-refractivity contribution in [2.75, 3.05) is 7.05 Å². The summed E-state index contributed by atoms with van der Waals surface area (Å²) >= 11 is 2.24. The van der Waals surface area contributed by atoms with E-state index in [-0.39, 0.29) is 5.91 Å². The van der Waals surface area contributed by atoms with Crippen LogP contribution >= 0.6 is 22.6 Å². The third-order valence-electron chi connectivity index (χ3n) is 2.14. The molecule has 0 bridgehead atoms. The summed E-state index contributed by atoms with van der Waals surface area (Å²) in [6.07, 6.45) is 1.90. The first-order valence-electron chi connectivity index (χ1n) is 4.21. The summed E-state index contributed by atoms with van der Waals surface area (Å²) < 4.78 is 1.13. The molecule has 72 valence electrons. The van der Waals surface area contributed by atoms with Gasteiger partial charge in [-0.25, -0.2) is 0 Å². The van der Waals surface area contributed by atoms with E-state index in [1.165, 1.54) is 0 Å². The SMILES string of the molecule is CNC(=O)c1cccc2c(I)c[nH]c12. The number of H-pyrrole nitrogens is 1. The van der Waals surface area contributed by atoms with Crippen LogP contribution in [0.1, 0.15) is 10.4 Å². The standard InChI is InChI=1S/C10H9IN2O/c1-12-10(14)7-4-2-3-6-8(11)5-13-9(6)7/h2-5,13H,1H3,(H,12,14). The van der Waals surface area contributed by atoms with Crippen LogP contribution in [0.5, 0.6) is 0 Å². The first-order chi connectivity index (χ1) is 6.74. The van der Waals surface area contributed by atoms with Gasteiger partial charge in [0, 0.05) is 22.2 Å². The zero-order valence-electron chi connectivity index (χ0n) is 7.60. The van der Waals surface area contributed by atoms with Crippen LogP contribution in [-0.2, 0) is 0 Å². The molecule has 1 heterocycles. The second kappa shape index (κ2) is 3.61. The Bertz CT molecular complexity index is 490. The van der Waals surface area contributed by atoms with Crippen molar-refractivity contribution in [3.63, 3.8) is 0 Å². The Kier molecular flexibility index (Phi) is 2.45. The fraction of sp³-hybridized carbons (Fsp3) is 0.100. The van der Waals surface area contributed by atoms with E-state index in [9.17, 15) is 4.79 Å². The quantitative estimate of drug-likeness (QED) is 0.779. The number of carbonyl (C=O) groups excluding carboxylic acids is 1. The second-order valence-electron chi connectivity index (χ2n) is 2.94. The van der Waals surface area contributed by atoms with Gasteiger partial charge in [-0.05, 0) is 28.7 Å². The molecule has 1 amide bonds. The molecule has 0 radical (unpaired) electrons. The number of rotatable bonds is 1. The van der Waals surface area contributed by atoms with E-state index in [2.05, 4.69) is 32.9 Å². The number of hydrogen-bond acceptors (Lipinski definition) is 1. The van der Waals surface area contributed by atoms with Gasteiger partial charge in [-0.15, -0.1) is 0 Å². The topological polar surface area (TPSA) is 44.9 Å². The van der Waals surface area contributed by atoms with E-state index in [1.807, 2.05) is 24.4 Å². The molecule has 4 heteroatoms. The fourth-order valence-corrected chi connectivity index (χ4v) is 2.05. The Morgan fingerprint density at radius 2 is 2.29 bits per heavy atom. The average molecular weight is 300 g/mol. The minimum absolute atomic E-state index is 0.0612. The van der Waals surface area contributed by atoms with E-state index in [0.29, 0.717) is 5.56 Å². The van der Waals surface area contributed by atoms with Crippen LogP contribution in [0.3, 0.4) is 0 Å². The maximum Gasteiger partial charge on any atom is 0.253 e. The van der Waals surface area contributed by atoms with Gasteiger partial charge in [0.25, 0.3) is 5.91 Å². The highest BCUT2D eigenvalue weighted by Crippen LogP contribution is 2.22. The zero-order valence-corrected chi connectivity index (χ0v) is 9.75. The molecule has 14 heavy (non-hydrogen) atoms. The van der Waals surface area contributed by atoms with Crippen LogP contribution in [-0.4, -0.2) is 17.9 Å². The lowest BCUT2D eigenvalue weighted by Crippen LogP contribution is -2.17. The summed E-state index contributed by atoms with van der Waals surface area (Å²) in [4.78, 5) is 14.6. The molecule has 0 spiro atoms. The maximum absolute atomic E-state index is 11.5. The summed E-state index contributed by atoms with van der Waals surface area (Å²) in [5, 5.41) is 3.71. The third-order valence-corrected chi connectivity index (χ3v) is 3.03. The van der Waals surface area contributed by atoms with Crippen LogP contribution in [0.15, 0.2) is 24.4 Å². The van der Waals surface area contributed by atoms with Gasteiger partial charge in [0.2, 0.25) is 0 Å². The van der Waals surface area contributed by atoms with Crippen molar-refractivity contribution in [1.82, 2.24) is 10.3 Å². The molecule has 3 nitrogen and oxygen atoms in total. The Morgan fingerprint density at radius 3 is 3.00 bits per heavy atom. The second-order valence-corrected chi connectivity index (χ2v) is 4.11. The maximum atomic E-state index is 11.5. The number of fused-ring (bicyclic) bond motifs is 1. The average Bonchev–Trinajstić information content (AvgIpc) is 2.59. The van der Waals surface area contributed by atoms with E-state index < -0.39 is 0 Å². The predicted octanol–water partition coefficient (Wildman–Crippen LogP) is 2.13. The molecule has 0 atom stereocenters. The van der Waals surface area contributed by atoms with E-state index >= 15 is 0 Å². The Morgan fingerprint density at radius 1 is 1.50 bits per heavy atom. The Hall–Kier alpha value is -1.04. The van der Waals surface area contributed by atoms with Gasteiger partial charge < -0.3 is 10.3 Å². The lowest BCUT2D eigenvalue weighted by molar-refractivity contribution is 0.0964. The van der Waals surface area contributed by atoms with Crippen molar-refractivity contribution in [3.8, 4) is 0 Å². The molecule has 0 aliphatic carbocycles. The number of nitrogens with one attached hydrogen (secondary N) is 2. The minimum Gasteiger partial charge on any atom is -0.359 e. The number of hydrogen-bond donors (Lipinski definition) is 2. The molecule has 0 saturated carbocycles. The summed E-state index contributed by atoms with van der Waals surface area (Å²) in [6.45, 7) is 0. The molecule has 2 N–H and O–H groups in total. The highest BCUT2D eigenvalue weighted by molar-refractivity contribution is 14.1. The molecule has 0 aliphatic rings. The van der Waals surface area contributed by atoms with Gasteiger partial charge >= 0.3 is 0 Å². The van der Waals surface area contributed by atoms with Crippen LogP contribution in [0.25, 0.3) is 10.9 Å². The highest BCUT2D eigenvalue weighted by Gasteiger charge is 2.10. The van der Waals surface area contributed by atoms with Gasteiger partial charge in [-0.3, -0.25) is 4.79 Å². The van der Waals surface area contributed by atoms with Gasteiger partial charge in [0.1, 0.15) is 0 Å². The monoisotopic (exact) mass is 300 g/mol. The van der Waals surface area contributed by atoms with E-state index in [1.54, 1.807) is 7.05 Å². The first-order valence-corrected chi connectivity index (χ1v) is 5.29. The van der Waals surface area contributed by atoms with Crippen LogP contribution < -0.4 is 5.32 Å². The van der Waals surface area contributed by atoms with Gasteiger partial charge in [-0.1, -0.05) is 12.1 Å². The number of halogens is 1. The fourth-order valence-electron chi connectivity index (χ4n) is 1.44. The minimum atomic E-state index is -0.0612. The molecular weight excluding hydrogens is 291 g/mol. The third kappa shape index (κ3) is 1.39. The summed E-state index contributed by atoms with van der Waals surface area (Å²) in [6, 6.07) is 5.71. The molecule has 0 saturated heterocycles. The van der Waals surface area contributed by atoms with Crippen LogP contribution in [0, 0.1) is 3.57 Å². The van der Waals surface area contributed by atoms with Gasteiger partial charge in [0.05, 0.1) is 11.1 Å². The van der Waals surface area contributed by atoms with Crippen molar-refractivity contribution in [2.45, 2.75) is 0 Å². The molecule has 2 rings (SSSR count). The number of amides is 1. The molecular formula is C10H9IN2O. The number of aromatic amines is 1. The predicted molar refractivity (Wildman–Crippen MR) is 64.4 cm³/mol. The van der Waals surface area contributed by atoms with Crippen LogP contribution in [0.4, 0.5) is 0 Å². The lowest BCUT2D eigenvalue weighted by Gasteiger charge is -2.00. The smallest absolute Gasteiger partial charge is 0.253 e. The number of para-hydroxylation sites is 1. The van der Waals surface area contributed by atoms with Crippen molar-refractivity contribution >= 4 is 39.4 Å². The first kappa shape index (κ1) is 9.51. The lowest BCUT2D eigenvalue weighted by atomic mass is 10.1. The molecule has 1 aromatic carbocycles. The van der Waals surface area contributed by atoms with Crippen molar-refractivity contribution in [1.29, 1.82) is 0 Å². The largest absolute Gasteiger partial charge is 0.359 e. The van der Waals surface area contributed by atoms with E-state index in [0.717, 1.165) is 14.5 Å². The summed E-state index contributed by atoms with van der Waals surface area (Å²) in [7, 11) is 1.63. The van der Waals surface area contributed by atoms with Gasteiger partial charge in [0.15, 0.2) is 0 Å². The van der Waals surface area contributed by atoms with Crippen LogP contribution in [0.2, 0.25) is 0 Å². The number of carbonyl (C=O) groups is 1. The van der Waals surface area contributed by atoms with Crippen molar-refractivity contribution in [2.24, 2.45) is 0 Å². The number of benzene rings is 1. The highest BCUT2D eigenvalue weighted by atomic mass is 127. The summed E-state index contributed by atoms with van der Waals surface area (Å²) in [5.41, 5.74) is 1.59. The zero-order chi connectivity index (χ0) is 10.1. The molecule has 2 aromatic rings. The van der Waals surface area contributed by atoms with Gasteiger partial charge in [-0.2, -0.15) is 0 Å². The number of aromatic nitrogens is 1. The normalized spacial score (nSPS) is 10.4. The summed E-state index contributed by atoms with van der Waals surface area (Å²) in [5.74, 6) is -0.0612. The van der Waals surface area contributed by atoms with Crippen molar-refractivity contribution < 1.29 is 4.79 Å². The Labute approximate surface area is 95.0 Å². The van der Waals surface area contributed by atoms with Crippen molar-refractivity contribution in [3.05, 3.63) is 33.5 Å². The molecule has 0 fully saturated rings.